The Kier molecular flexibility index (Phi) is 5.35. The minimum absolute atomic E-state index is 0.369. The van der Waals surface area contributed by atoms with Gasteiger partial charge in [0.2, 0.25) is 0 Å². The zero-order valence-electron chi connectivity index (χ0n) is 8.59. The molecule has 1 aliphatic rings. The van der Waals surface area contributed by atoms with Crippen LogP contribution >= 0.6 is 0 Å². The SMILES string of the molecule is CCCOCC(NN)C1CCCC1. The third kappa shape index (κ3) is 3.63. The molecule has 1 rings (SSSR count). The van der Waals surface area contributed by atoms with Crippen molar-refractivity contribution in [2.24, 2.45) is 11.8 Å². The molecule has 0 radical (unpaired) electrons. The molecule has 0 heterocycles. The lowest BCUT2D eigenvalue weighted by atomic mass is 10.00. The summed E-state index contributed by atoms with van der Waals surface area (Å²) in [5.41, 5.74) is 2.88. The van der Waals surface area contributed by atoms with E-state index in [1.807, 2.05) is 0 Å². The molecule has 0 aromatic heterocycles. The fourth-order valence-corrected chi connectivity index (χ4v) is 2.03. The monoisotopic (exact) mass is 186 g/mol. The van der Waals surface area contributed by atoms with E-state index in [1.165, 1.54) is 25.7 Å². The Balaban J connectivity index is 2.16. The van der Waals surface area contributed by atoms with Gasteiger partial charge in [-0.3, -0.25) is 11.3 Å². The number of hydrazine groups is 1. The zero-order chi connectivity index (χ0) is 9.52. The van der Waals surface area contributed by atoms with Crippen LogP contribution in [0.3, 0.4) is 0 Å². The second-order valence-corrected chi connectivity index (χ2v) is 3.89. The van der Waals surface area contributed by atoms with Crippen LogP contribution in [-0.4, -0.2) is 19.3 Å². The van der Waals surface area contributed by atoms with E-state index in [9.17, 15) is 0 Å². The van der Waals surface area contributed by atoms with Crippen molar-refractivity contribution in [3.8, 4) is 0 Å². The largest absolute Gasteiger partial charge is 0.380 e. The highest BCUT2D eigenvalue weighted by atomic mass is 16.5. The van der Waals surface area contributed by atoms with Gasteiger partial charge < -0.3 is 4.74 Å². The van der Waals surface area contributed by atoms with E-state index in [2.05, 4.69) is 12.3 Å². The normalized spacial score (nSPS) is 20.8. The third-order valence-electron chi connectivity index (χ3n) is 2.83. The number of hydrogen-bond donors (Lipinski definition) is 2. The standard InChI is InChI=1S/C10H22N2O/c1-2-7-13-8-10(12-11)9-5-3-4-6-9/h9-10,12H,2-8,11H2,1H3. The van der Waals surface area contributed by atoms with Gasteiger partial charge in [-0.15, -0.1) is 0 Å². The van der Waals surface area contributed by atoms with Crippen LogP contribution in [0.1, 0.15) is 39.0 Å². The van der Waals surface area contributed by atoms with Crippen molar-refractivity contribution >= 4 is 0 Å². The van der Waals surface area contributed by atoms with Crippen molar-refractivity contribution in [1.29, 1.82) is 0 Å². The molecular weight excluding hydrogens is 164 g/mol. The van der Waals surface area contributed by atoms with E-state index in [0.717, 1.165) is 25.6 Å². The number of nitrogens with two attached hydrogens (primary N) is 1. The first-order valence-electron chi connectivity index (χ1n) is 5.42. The first-order valence-corrected chi connectivity index (χ1v) is 5.42. The van der Waals surface area contributed by atoms with Crippen molar-refractivity contribution in [1.82, 2.24) is 5.43 Å². The lowest BCUT2D eigenvalue weighted by Crippen LogP contribution is -2.43. The van der Waals surface area contributed by atoms with Crippen molar-refractivity contribution < 1.29 is 4.74 Å². The van der Waals surface area contributed by atoms with Gasteiger partial charge in [0.05, 0.1) is 6.61 Å². The summed E-state index contributed by atoms with van der Waals surface area (Å²) in [7, 11) is 0. The van der Waals surface area contributed by atoms with Crippen LogP contribution in [0.2, 0.25) is 0 Å². The topological polar surface area (TPSA) is 47.3 Å². The molecule has 0 saturated heterocycles. The summed E-state index contributed by atoms with van der Waals surface area (Å²) in [5, 5.41) is 0. The molecule has 0 spiro atoms. The molecule has 3 nitrogen and oxygen atoms in total. The molecular formula is C10H22N2O. The molecule has 1 atom stereocenters. The highest BCUT2D eigenvalue weighted by molar-refractivity contribution is 4.78. The quantitative estimate of drug-likeness (QED) is 0.375. The van der Waals surface area contributed by atoms with Gasteiger partial charge in [0, 0.05) is 12.6 Å². The number of rotatable bonds is 6. The minimum Gasteiger partial charge on any atom is -0.380 e. The fourth-order valence-electron chi connectivity index (χ4n) is 2.03. The molecule has 3 N–H and O–H groups in total. The summed E-state index contributed by atoms with van der Waals surface area (Å²) in [4.78, 5) is 0. The average Bonchev–Trinajstić information content (AvgIpc) is 2.65. The predicted octanol–water partition coefficient (Wildman–Crippen LogP) is 1.44. The van der Waals surface area contributed by atoms with Crippen LogP contribution in [0.5, 0.6) is 0 Å². The smallest absolute Gasteiger partial charge is 0.0635 e. The summed E-state index contributed by atoms with van der Waals surface area (Å²) in [5.74, 6) is 6.24. The van der Waals surface area contributed by atoms with Crippen LogP contribution in [0.25, 0.3) is 0 Å². The van der Waals surface area contributed by atoms with Crippen LogP contribution in [0.4, 0.5) is 0 Å². The Morgan fingerprint density at radius 1 is 1.46 bits per heavy atom. The van der Waals surface area contributed by atoms with Gasteiger partial charge in [0.25, 0.3) is 0 Å². The highest BCUT2D eigenvalue weighted by Crippen LogP contribution is 2.27. The van der Waals surface area contributed by atoms with Crippen molar-refractivity contribution in [2.75, 3.05) is 13.2 Å². The van der Waals surface area contributed by atoms with Gasteiger partial charge in [-0.25, -0.2) is 0 Å². The van der Waals surface area contributed by atoms with Gasteiger partial charge in [0.1, 0.15) is 0 Å². The molecule has 1 fully saturated rings. The van der Waals surface area contributed by atoms with E-state index in [4.69, 9.17) is 10.6 Å². The molecule has 13 heavy (non-hydrogen) atoms. The number of ether oxygens (including phenoxy) is 1. The second-order valence-electron chi connectivity index (χ2n) is 3.89. The first kappa shape index (κ1) is 11.0. The molecule has 0 aromatic rings. The van der Waals surface area contributed by atoms with Crippen LogP contribution in [0, 0.1) is 5.92 Å². The van der Waals surface area contributed by atoms with E-state index < -0.39 is 0 Å². The minimum atomic E-state index is 0.369. The molecule has 3 heteroatoms. The second kappa shape index (κ2) is 6.35. The van der Waals surface area contributed by atoms with Crippen molar-refractivity contribution in [3.63, 3.8) is 0 Å². The van der Waals surface area contributed by atoms with Gasteiger partial charge in [-0.1, -0.05) is 19.8 Å². The maximum absolute atomic E-state index is 5.51. The summed E-state index contributed by atoms with van der Waals surface area (Å²) >= 11 is 0. The maximum atomic E-state index is 5.51. The molecule has 0 aliphatic heterocycles. The molecule has 1 aliphatic carbocycles. The van der Waals surface area contributed by atoms with Crippen molar-refractivity contribution in [2.45, 2.75) is 45.1 Å². The predicted molar refractivity (Wildman–Crippen MR) is 54.2 cm³/mol. The van der Waals surface area contributed by atoms with E-state index in [0.29, 0.717) is 6.04 Å². The highest BCUT2D eigenvalue weighted by Gasteiger charge is 2.23. The number of nitrogens with one attached hydrogen (secondary N) is 1. The summed E-state index contributed by atoms with van der Waals surface area (Å²) < 4.78 is 5.51. The molecule has 1 unspecified atom stereocenters. The van der Waals surface area contributed by atoms with E-state index in [-0.39, 0.29) is 0 Å². The fraction of sp³-hybridized carbons (Fsp3) is 1.00. The molecule has 0 aromatic carbocycles. The van der Waals surface area contributed by atoms with Gasteiger partial charge in [0.15, 0.2) is 0 Å². The van der Waals surface area contributed by atoms with Crippen LogP contribution in [-0.2, 0) is 4.74 Å². The summed E-state index contributed by atoms with van der Waals surface area (Å²) in [6.07, 6.45) is 6.42. The maximum Gasteiger partial charge on any atom is 0.0635 e. The van der Waals surface area contributed by atoms with Gasteiger partial charge in [-0.05, 0) is 25.2 Å². The molecule has 0 amide bonds. The Hall–Kier alpha value is -0.120. The van der Waals surface area contributed by atoms with Crippen LogP contribution < -0.4 is 11.3 Å². The van der Waals surface area contributed by atoms with E-state index in [1.54, 1.807) is 0 Å². The van der Waals surface area contributed by atoms with E-state index >= 15 is 0 Å². The summed E-state index contributed by atoms with van der Waals surface area (Å²) in [6, 6.07) is 0.369. The van der Waals surface area contributed by atoms with Crippen molar-refractivity contribution in [3.05, 3.63) is 0 Å². The Morgan fingerprint density at radius 3 is 2.69 bits per heavy atom. The molecule has 78 valence electrons. The molecule has 1 saturated carbocycles. The van der Waals surface area contributed by atoms with Gasteiger partial charge >= 0.3 is 0 Å². The Bertz CT molecular complexity index is 124. The zero-order valence-corrected chi connectivity index (χ0v) is 8.59. The van der Waals surface area contributed by atoms with Crippen LogP contribution in [0.15, 0.2) is 0 Å². The molecule has 0 bridgehead atoms. The van der Waals surface area contributed by atoms with Gasteiger partial charge in [-0.2, -0.15) is 0 Å². The summed E-state index contributed by atoms with van der Waals surface area (Å²) in [6.45, 7) is 3.75. The number of hydrogen-bond acceptors (Lipinski definition) is 3. The lowest BCUT2D eigenvalue weighted by molar-refractivity contribution is 0.0940. The average molecular weight is 186 g/mol. The Labute approximate surface area is 81.0 Å². The lowest BCUT2D eigenvalue weighted by Gasteiger charge is -2.22. The first-order chi connectivity index (χ1) is 6.38. The third-order valence-corrected chi connectivity index (χ3v) is 2.83. The Morgan fingerprint density at radius 2 is 2.15 bits per heavy atom.